The normalized spacial score (nSPS) is 9.06. The second-order valence-corrected chi connectivity index (χ2v) is 2.56. The molecule has 1 aromatic carbocycles. The van der Waals surface area contributed by atoms with Crippen molar-refractivity contribution in [2.45, 2.75) is 0 Å². The third-order valence-corrected chi connectivity index (χ3v) is 1.64. The molecule has 0 bridgehead atoms. The van der Waals surface area contributed by atoms with Crippen LogP contribution in [0.2, 0.25) is 0 Å². The first-order chi connectivity index (χ1) is 7.70. The second-order valence-electron chi connectivity index (χ2n) is 2.56. The third-order valence-electron chi connectivity index (χ3n) is 1.64. The van der Waals surface area contributed by atoms with Gasteiger partial charge in [-0.2, -0.15) is 5.26 Å². The van der Waals surface area contributed by atoms with Crippen molar-refractivity contribution in [1.82, 2.24) is 0 Å². The van der Waals surface area contributed by atoms with Gasteiger partial charge in [-0.05, 0) is 12.1 Å². The summed E-state index contributed by atoms with van der Waals surface area (Å²) < 4.78 is 0. The molecule has 0 fully saturated rings. The van der Waals surface area contributed by atoms with Crippen molar-refractivity contribution in [3.63, 3.8) is 0 Å². The van der Waals surface area contributed by atoms with Gasteiger partial charge in [0.15, 0.2) is 0 Å². The largest absolute Gasteiger partial charge is 0.387 e. The number of hydrogen-bond donors (Lipinski definition) is 1. The van der Waals surface area contributed by atoms with Crippen molar-refractivity contribution in [3.05, 3.63) is 48.2 Å². The van der Waals surface area contributed by atoms with Gasteiger partial charge >= 0.3 is 11.9 Å². The van der Waals surface area contributed by atoms with Crippen LogP contribution in [-0.4, -0.2) is 17.2 Å². The standard InChI is InChI=1S/C10H8O6/c1-2-14-16-10(12)8-6-4-3-5-7(8)9(11)15-13/h2-6,13H,1H2. The highest BCUT2D eigenvalue weighted by Crippen LogP contribution is 2.11. The maximum Gasteiger partial charge on any atom is 0.387 e. The van der Waals surface area contributed by atoms with Crippen molar-refractivity contribution in [2.24, 2.45) is 0 Å². The number of hydrogen-bond acceptors (Lipinski definition) is 6. The van der Waals surface area contributed by atoms with Gasteiger partial charge in [0.1, 0.15) is 6.26 Å². The average molecular weight is 224 g/mol. The fourth-order valence-electron chi connectivity index (χ4n) is 1.01. The molecular weight excluding hydrogens is 216 g/mol. The molecule has 6 nitrogen and oxygen atoms in total. The summed E-state index contributed by atoms with van der Waals surface area (Å²) in [4.78, 5) is 34.4. The summed E-state index contributed by atoms with van der Waals surface area (Å²) in [7, 11) is 0. The summed E-state index contributed by atoms with van der Waals surface area (Å²) in [6.07, 6.45) is 0.908. The lowest BCUT2D eigenvalue weighted by Gasteiger charge is -2.04. The Morgan fingerprint density at radius 2 is 1.75 bits per heavy atom. The third kappa shape index (κ3) is 2.58. The van der Waals surface area contributed by atoms with Crippen LogP contribution in [0.5, 0.6) is 0 Å². The molecule has 0 saturated carbocycles. The van der Waals surface area contributed by atoms with Gasteiger partial charge in [0.2, 0.25) is 0 Å². The van der Waals surface area contributed by atoms with Crippen LogP contribution in [0, 0.1) is 0 Å². The quantitative estimate of drug-likeness (QED) is 0.474. The zero-order valence-electron chi connectivity index (χ0n) is 8.08. The van der Waals surface area contributed by atoms with Gasteiger partial charge in [-0.3, -0.25) is 9.78 Å². The fraction of sp³-hybridized carbons (Fsp3) is 0. The van der Waals surface area contributed by atoms with Crippen LogP contribution >= 0.6 is 0 Å². The molecule has 1 rings (SSSR count). The number of rotatable bonds is 4. The van der Waals surface area contributed by atoms with E-state index in [1.165, 1.54) is 24.3 Å². The lowest BCUT2D eigenvalue weighted by Crippen LogP contribution is -2.12. The fourth-order valence-corrected chi connectivity index (χ4v) is 1.01. The predicted molar refractivity (Wildman–Crippen MR) is 51.2 cm³/mol. The van der Waals surface area contributed by atoms with Crippen molar-refractivity contribution in [3.8, 4) is 0 Å². The molecule has 0 atom stereocenters. The molecule has 84 valence electrons. The van der Waals surface area contributed by atoms with E-state index in [-0.39, 0.29) is 11.1 Å². The molecule has 0 heterocycles. The number of carbonyl (C=O) groups excluding carboxylic acids is 2. The monoisotopic (exact) mass is 224 g/mol. The summed E-state index contributed by atoms with van der Waals surface area (Å²) in [6, 6.07) is 5.63. The molecule has 16 heavy (non-hydrogen) atoms. The van der Waals surface area contributed by atoms with E-state index in [0.29, 0.717) is 0 Å². The van der Waals surface area contributed by atoms with Gasteiger partial charge in [0, 0.05) is 0 Å². The molecule has 0 aliphatic rings. The van der Waals surface area contributed by atoms with E-state index in [4.69, 9.17) is 5.26 Å². The molecule has 0 amide bonds. The van der Waals surface area contributed by atoms with Crippen LogP contribution < -0.4 is 0 Å². The van der Waals surface area contributed by atoms with Crippen LogP contribution in [0.1, 0.15) is 20.7 Å². The van der Waals surface area contributed by atoms with Crippen molar-refractivity contribution in [2.75, 3.05) is 0 Å². The van der Waals surface area contributed by atoms with Crippen molar-refractivity contribution >= 4 is 11.9 Å². The van der Waals surface area contributed by atoms with Gasteiger partial charge in [0.05, 0.1) is 11.1 Å². The average Bonchev–Trinajstić information content (AvgIpc) is 2.35. The molecule has 1 N–H and O–H groups in total. The van der Waals surface area contributed by atoms with Crippen LogP contribution in [0.3, 0.4) is 0 Å². The summed E-state index contributed by atoms with van der Waals surface area (Å²) in [5.74, 6) is -1.97. The van der Waals surface area contributed by atoms with Crippen LogP contribution in [0.25, 0.3) is 0 Å². The van der Waals surface area contributed by atoms with E-state index in [1.54, 1.807) is 0 Å². The minimum Gasteiger partial charge on any atom is -0.295 e. The maximum atomic E-state index is 11.4. The minimum absolute atomic E-state index is 0.0941. The SMILES string of the molecule is C=COOC(=O)c1ccccc1C(=O)OO. The highest BCUT2D eigenvalue weighted by atomic mass is 17.2. The molecule has 0 aliphatic heterocycles. The van der Waals surface area contributed by atoms with Gasteiger partial charge in [-0.25, -0.2) is 14.5 Å². The van der Waals surface area contributed by atoms with Crippen LogP contribution in [0.15, 0.2) is 37.1 Å². The zero-order chi connectivity index (χ0) is 12.0. The molecule has 0 spiro atoms. The number of benzene rings is 1. The summed E-state index contributed by atoms with van der Waals surface area (Å²) in [5.41, 5.74) is -0.230. The Kier molecular flexibility index (Phi) is 4.05. The molecule has 0 saturated heterocycles. The van der Waals surface area contributed by atoms with E-state index in [2.05, 4.69) is 21.2 Å². The predicted octanol–water partition coefficient (Wildman–Crippen LogP) is 1.55. The minimum atomic E-state index is -1.06. The van der Waals surface area contributed by atoms with Gasteiger partial charge < -0.3 is 0 Å². The first-order valence-electron chi connectivity index (χ1n) is 4.14. The second kappa shape index (κ2) is 5.52. The Bertz CT molecular complexity index is 412. The maximum absolute atomic E-state index is 11.4. The molecule has 0 aromatic heterocycles. The molecule has 0 radical (unpaired) electrons. The highest BCUT2D eigenvalue weighted by Gasteiger charge is 2.19. The van der Waals surface area contributed by atoms with E-state index in [1.807, 2.05) is 0 Å². The van der Waals surface area contributed by atoms with E-state index >= 15 is 0 Å². The van der Waals surface area contributed by atoms with Gasteiger partial charge in [-0.15, -0.1) is 0 Å². The summed E-state index contributed by atoms with van der Waals surface area (Å²) in [5, 5.41) is 8.22. The van der Waals surface area contributed by atoms with E-state index in [9.17, 15) is 9.59 Å². The van der Waals surface area contributed by atoms with E-state index in [0.717, 1.165) is 6.26 Å². The Morgan fingerprint density at radius 1 is 1.19 bits per heavy atom. The Morgan fingerprint density at radius 3 is 2.25 bits per heavy atom. The molecule has 0 unspecified atom stereocenters. The lowest BCUT2D eigenvalue weighted by atomic mass is 10.1. The van der Waals surface area contributed by atoms with Crippen molar-refractivity contribution in [1.29, 1.82) is 0 Å². The highest BCUT2D eigenvalue weighted by molar-refractivity contribution is 6.02. The van der Waals surface area contributed by atoms with Gasteiger partial charge in [-0.1, -0.05) is 18.7 Å². The Labute approximate surface area is 90.5 Å². The van der Waals surface area contributed by atoms with E-state index < -0.39 is 11.9 Å². The lowest BCUT2D eigenvalue weighted by molar-refractivity contribution is -0.191. The zero-order valence-corrected chi connectivity index (χ0v) is 8.08. The molecule has 1 aromatic rings. The Hall–Kier alpha value is -2.34. The number of carbonyl (C=O) groups is 2. The summed E-state index contributed by atoms with van der Waals surface area (Å²) >= 11 is 0. The van der Waals surface area contributed by atoms with Crippen LogP contribution in [-0.2, 0) is 14.7 Å². The van der Waals surface area contributed by atoms with Crippen LogP contribution in [0.4, 0.5) is 0 Å². The van der Waals surface area contributed by atoms with Gasteiger partial charge in [0.25, 0.3) is 0 Å². The van der Waals surface area contributed by atoms with Crippen molar-refractivity contribution < 1.29 is 29.5 Å². The topological polar surface area (TPSA) is 82.1 Å². The first kappa shape index (κ1) is 11.7. The summed E-state index contributed by atoms with van der Waals surface area (Å²) in [6.45, 7) is 3.17. The molecular formula is C10H8O6. The Balaban J connectivity index is 2.98. The first-order valence-corrected chi connectivity index (χ1v) is 4.14. The molecule has 6 heteroatoms. The smallest absolute Gasteiger partial charge is 0.295 e. The molecule has 0 aliphatic carbocycles.